The van der Waals surface area contributed by atoms with Gasteiger partial charge in [0, 0.05) is 18.0 Å². The summed E-state index contributed by atoms with van der Waals surface area (Å²) in [6.45, 7) is 3.21. The van der Waals surface area contributed by atoms with Crippen molar-refractivity contribution < 1.29 is 45.4 Å². The summed E-state index contributed by atoms with van der Waals surface area (Å²) in [6, 6.07) is 13.9. The van der Waals surface area contributed by atoms with Gasteiger partial charge >= 0.3 is 12.2 Å². The van der Waals surface area contributed by atoms with Gasteiger partial charge in [-0.1, -0.05) is 54.1 Å². The molecule has 14 nitrogen and oxygen atoms in total. The van der Waals surface area contributed by atoms with Crippen molar-refractivity contribution in [3.8, 4) is 11.4 Å². The summed E-state index contributed by atoms with van der Waals surface area (Å²) in [6.07, 6.45) is -2.80. The van der Waals surface area contributed by atoms with E-state index in [1.807, 2.05) is 0 Å². The highest BCUT2D eigenvalue weighted by Crippen LogP contribution is 2.38. The van der Waals surface area contributed by atoms with Crippen molar-refractivity contribution in [2.24, 2.45) is 0 Å². The number of hydrogen-bond acceptors (Lipinski definition) is 10. The first-order valence-electron chi connectivity index (χ1n) is 16.6. The number of likely N-dealkylation sites (tertiary alicyclic amines) is 1. The number of aromatic nitrogens is 4. The van der Waals surface area contributed by atoms with Crippen molar-refractivity contribution in [2.45, 2.75) is 68.8 Å². The molecule has 1 N–H and O–H groups in total. The van der Waals surface area contributed by atoms with Gasteiger partial charge in [-0.2, -0.15) is 4.80 Å². The number of fused-ring (bicyclic) bond motifs is 1. The zero-order valence-corrected chi connectivity index (χ0v) is 30.8. The molecule has 0 spiro atoms. The Morgan fingerprint density at radius 3 is 2.44 bits per heavy atom. The topological polar surface area (TPSA) is 166 Å². The largest absolute Gasteiger partial charge is 0.445 e. The van der Waals surface area contributed by atoms with Crippen LogP contribution < -0.4 is 10.2 Å². The summed E-state index contributed by atoms with van der Waals surface area (Å²) in [5, 5.41) is 14.6. The van der Waals surface area contributed by atoms with Crippen molar-refractivity contribution in [3.05, 3.63) is 88.7 Å². The zero-order valence-electron chi connectivity index (χ0n) is 29.2. The number of piperidine rings is 1. The lowest BCUT2D eigenvalue weighted by atomic mass is 10.0. The Morgan fingerprint density at radius 2 is 1.76 bits per heavy atom. The van der Waals surface area contributed by atoms with Crippen LogP contribution in [0.25, 0.3) is 11.4 Å². The van der Waals surface area contributed by atoms with E-state index < -0.39 is 92.4 Å². The summed E-state index contributed by atoms with van der Waals surface area (Å²) < 4.78 is 83.8. The summed E-state index contributed by atoms with van der Waals surface area (Å²) in [5.41, 5.74) is -0.457. The highest BCUT2D eigenvalue weighted by Gasteiger charge is 2.45. The molecule has 2 aliphatic rings. The number of alkyl carbamates (subject to hydrolysis) is 1. The van der Waals surface area contributed by atoms with E-state index in [9.17, 15) is 31.6 Å². The van der Waals surface area contributed by atoms with Gasteiger partial charge in [-0.3, -0.25) is 9.69 Å². The smallest absolute Gasteiger partial charge is 0.410 e. The molecule has 1 saturated heterocycles. The van der Waals surface area contributed by atoms with Crippen molar-refractivity contribution in [1.82, 2.24) is 30.4 Å². The second-order valence-electron chi connectivity index (χ2n) is 13.9. The van der Waals surface area contributed by atoms with E-state index in [1.54, 1.807) is 75.4 Å². The molecule has 0 radical (unpaired) electrons. The maximum atomic E-state index is 15.9. The molecule has 2 aliphatic heterocycles. The molecule has 0 saturated carbocycles. The molecule has 0 bridgehead atoms. The Morgan fingerprint density at radius 1 is 1.06 bits per heavy atom. The van der Waals surface area contributed by atoms with Crippen LogP contribution in [0.4, 0.5) is 28.4 Å². The molecule has 3 aromatic carbocycles. The van der Waals surface area contributed by atoms with Crippen LogP contribution in [0.3, 0.4) is 0 Å². The molecule has 286 valence electrons. The fourth-order valence-corrected chi connectivity index (χ4v) is 7.76. The van der Waals surface area contributed by atoms with Gasteiger partial charge in [0.2, 0.25) is 5.82 Å². The van der Waals surface area contributed by atoms with Gasteiger partial charge in [0.25, 0.3) is 11.8 Å². The van der Waals surface area contributed by atoms with E-state index in [1.165, 1.54) is 0 Å². The van der Waals surface area contributed by atoms with Gasteiger partial charge in [0.15, 0.2) is 9.84 Å². The zero-order chi connectivity index (χ0) is 39.0. The monoisotopic (exact) mass is 789 g/mol. The number of alkyl halides is 2. The Hall–Kier alpha value is -5.23. The summed E-state index contributed by atoms with van der Waals surface area (Å²) in [7, 11) is -4.45. The number of sulfone groups is 1. The number of anilines is 1. The van der Waals surface area contributed by atoms with Crippen molar-refractivity contribution >= 4 is 45.2 Å². The Labute approximate surface area is 313 Å². The lowest BCUT2D eigenvalue weighted by Crippen LogP contribution is -2.51. The van der Waals surface area contributed by atoms with Crippen LogP contribution in [0.5, 0.6) is 0 Å². The number of halogens is 4. The second-order valence-corrected chi connectivity index (χ2v) is 16.3. The number of amides is 3. The molecule has 1 aromatic heterocycles. The maximum Gasteiger partial charge on any atom is 0.410 e. The third kappa shape index (κ3) is 8.93. The van der Waals surface area contributed by atoms with Gasteiger partial charge in [-0.15, -0.1) is 10.2 Å². The van der Waals surface area contributed by atoms with Gasteiger partial charge < -0.3 is 19.7 Å². The Kier molecular flexibility index (Phi) is 10.6. The number of nitrogens with one attached hydrogen (secondary N) is 1. The summed E-state index contributed by atoms with van der Waals surface area (Å²) >= 11 is 6.05. The lowest BCUT2D eigenvalue weighted by molar-refractivity contribution is -0.120. The number of hydrogen-bond donors (Lipinski definition) is 1. The fraction of sp³-hybridized carbons (Fsp3) is 0.371. The van der Waals surface area contributed by atoms with Crippen LogP contribution in [0.1, 0.15) is 44.4 Å². The highest BCUT2D eigenvalue weighted by atomic mass is 35.5. The molecular formula is C35H35ClF3N7O7S. The number of carbonyl (C=O) groups excluding carboxylic acids is 3. The third-order valence-corrected chi connectivity index (χ3v) is 10.4. The Balaban J connectivity index is 1.32. The first-order valence-corrected chi connectivity index (χ1v) is 18.7. The molecule has 3 heterocycles. The standard InChI is InChI=1S/C35H35ClF3N7O7S/c1-34(2,3)53-32(48)40-27-19-54(50,51)29-14-26(37)25(13-28(29)45(31(27)47)16-21-9-11-23(36)12-10-21)30-41-43-46(42-30)24-15-35(38,39)20-44(17-24)33(49)52-18-22-7-5-4-6-8-22/h4-14,24,27H,15-20H2,1-3H3,(H,40,48)/t24?,27-/m0/s1. The number of carbonyl (C=O) groups is 3. The van der Waals surface area contributed by atoms with E-state index in [-0.39, 0.29) is 25.4 Å². The molecule has 1 unspecified atom stereocenters. The van der Waals surface area contributed by atoms with Gasteiger partial charge in [0.1, 0.15) is 24.1 Å². The average molecular weight is 790 g/mol. The van der Waals surface area contributed by atoms with E-state index in [4.69, 9.17) is 21.1 Å². The lowest BCUT2D eigenvalue weighted by Gasteiger charge is -2.36. The maximum absolute atomic E-state index is 15.9. The van der Waals surface area contributed by atoms with Crippen LogP contribution in [-0.4, -0.2) is 88.0 Å². The first-order chi connectivity index (χ1) is 25.4. The Bertz CT molecular complexity index is 2170. The minimum absolute atomic E-state index is 0.138. The van der Waals surface area contributed by atoms with Crippen molar-refractivity contribution in [3.63, 3.8) is 0 Å². The van der Waals surface area contributed by atoms with Gasteiger partial charge in [-0.05, 0) is 61.4 Å². The number of rotatable bonds is 7. The highest BCUT2D eigenvalue weighted by molar-refractivity contribution is 7.91. The van der Waals surface area contributed by atoms with E-state index in [0.717, 1.165) is 20.7 Å². The molecule has 2 atom stereocenters. The molecule has 19 heteroatoms. The first kappa shape index (κ1) is 38.5. The van der Waals surface area contributed by atoms with Gasteiger partial charge in [-0.25, -0.2) is 31.2 Å². The number of benzene rings is 3. The molecule has 54 heavy (non-hydrogen) atoms. The molecule has 1 fully saturated rings. The van der Waals surface area contributed by atoms with Crippen LogP contribution in [-0.2, 0) is 37.3 Å². The number of tetrazole rings is 1. The van der Waals surface area contributed by atoms with E-state index in [2.05, 4.69) is 20.7 Å². The summed E-state index contributed by atoms with van der Waals surface area (Å²) in [4.78, 5) is 41.8. The molecular weight excluding hydrogens is 755 g/mol. The van der Waals surface area contributed by atoms with Crippen molar-refractivity contribution in [1.29, 1.82) is 0 Å². The van der Waals surface area contributed by atoms with Crippen LogP contribution in [0.2, 0.25) is 5.02 Å². The molecule has 6 rings (SSSR count). The normalized spacial score (nSPS) is 19.4. The predicted molar refractivity (Wildman–Crippen MR) is 188 cm³/mol. The van der Waals surface area contributed by atoms with Crippen LogP contribution >= 0.6 is 11.6 Å². The number of ether oxygens (including phenoxy) is 2. The molecule has 0 aliphatic carbocycles. The van der Waals surface area contributed by atoms with Crippen molar-refractivity contribution in [2.75, 3.05) is 23.7 Å². The average Bonchev–Trinajstić information content (AvgIpc) is 3.57. The van der Waals surface area contributed by atoms with Crippen LogP contribution in [0, 0.1) is 5.82 Å². The third-order valence-electron chi connectivity index (χ3n) is 8.42. The van der Waals surface area contributed by atoms with E-state index in [0.29, 0.717) is 22.2 Å². The SMILES string of the molecule is CC(C)(C)OC(=O)N[C@H]1CS(=O)(=O)c2cc(F)c(-c3nnn(C4CN(C(=O)OCc5ccccc5)CC(F)(F)C4)n3)cc2N(Cc2ccc(Cl)cc2)C1=O. The minimum atomic E-state index is -4.45. The van der Waals surface area contributed by atoms with Gasteiger partial charge in [0.05, 0.1) is 41.0 Å². The van der Waals surface area contributed by atoms with E-state index >= 15 is 4.39 Å². The molecule has 4 aromatic rings. The quantitative estimate of drug-likeness (QED) is 0.250. The molecule has 3 amide bonds. The fourth-order valence-electron chi connectivity index (χ4n) is 6.01. The summed E-state index contributed by atoms with van der Waals surface area (Å²) in [5.74, 6) is -6.65. The minimum Gasteiger partial charge on any atom is -0.445 e. The van der Waals surface area contributed by atoms with Crippen LogP contribution in [0.15, 0.2) is 71.6 Å². The second kappa shape index (κ2) is 14.9. The number of nitrogens with zero attached hydrogens (tertiary/aromatic N) is 6. The predicted octanol–water partition coefficient (Wildman–Crippen LogP) is 5.57.